The molecule has 1 aliphatic heterocycles. The van der Waals surface area contributed by atoms with Crippen molar-refractivity contribution in [3.05, 3.63) is 69.1 Å². The Hall–Kier alpha value is -2.75. The summed E-state index contributed by atoms with van der Waals surface area (Å²) < 4.78 is 11.6. The average Bonchev–Trinajstić information content (AvgIpc) is 2.67. The van der Waals surface area contributed by atoms with Crippen LogP contribution in [-0.4, -0.2) is 6.73 Å². The van der Waals surface area contributed by atoms with Crippen LogP contribution < -0.4 is 15.3 Å². The van der Waals surface area contributed by atoms with E-state index in [4.69, 9.17) is 9.15 Å². The zero-order valence-electron chi connectivity index (χ0n) is 17.3. The Labute approximate surface area is 165 Å². The molecule has 0 bridgehead atoms. The highest BCUT2D eigenvalue weighted by Gasteiger charge is 2.23. The highest BCUT2D eigenvalue weighted by Crippen LogP contribution is 2.37. The molecule has 0 atom stereocenters. The fourth-order valence-electron chi connectivity index (χ4n) is 3.91. The minimum atomic E-state index is -0.302. The lowest BCUT2D eigenvalue weighted by molar-refractivity contribution is 0.287. The summed E-state index contributed by atoms with van der Waals surface area (Å²) in [6.07, 6.45) is 0.791. The van der Waals surface area contributed by atoms with Crippen LogP contribution in [0.5, 0.6) is 5.75 Å². The zero-order valence-corrected chi connectivity index (χ0v) is 17.3. The lowest BCUT2D eigenvalue weighted by Crippen LogP contribution is -2.32. The highest BCUT2D eigenvalue weighted by molar-refractivity contribution is 5.86. The molecule has 0 radical (unpaired) electrons. The fraction of sp³-hybridized carbons (Fsp3) is 0.375. The van der Waals surface area contributed by atoms with Crippen molar-refractivity contribution in [2.45, 2.75) is 53.0 Å². The van der Waals surface area contributed by atoms with Gasteiger partial charge >= 0.3 is 5.63 Å². The summed E-state index contributed by atoms with van der Waals surface area (Å²) in [5.41, 5.74) is 5.99. The molecule has 146 valence electrons. The van der Waals surface area contributed by atoms with E-state index in [0.717, 1.165) is 46.5 Å². The van der Waals surface area contributed by atoms with Gasteiger partial charge in [0.25, 0.3) is 0 Å². The molecule has 0 fully saturated rings. The second kappa shape index (κ2) is 6.69. The van der Waals surface area contributed by atoms with Gasteiger partial charge < -0.3 is 14.1 Å². The topological polar surface area (TPSA) is 42.7 Å². The van der Waals surface area contributed by atoms with Gasteiger partial charge in [-0.15, -0.1) is 0 Å². The standard InChI is InChI=1S/C24H27NO3/c1-6-16-12-21(26)28-23-15(2)22-17(11-20(16)23)13-25(14-27-22)19-9-7-18(8-10-19)24(3,4)5/h7-12H,6,13-14H2,1-5H3. The van der Waals surface area contributed by atoms with E-state index in [1.807, 2.05) is 6.92 Å². The predicted octanol–water partition coefficient (Wildman–Crippen LogP) is 5.32. The molecular weight excluding hydrogens is 350 g/mol. The summed E-state index contributed by atoms with van der Waals surface area (Å²) >= 11 is 0. The number of anilines is 1. The van der Waals surface area contributed by atoms with Crippen LogP contribution in [0.15, 0.2) is 45.6 Å². The minimum absolute atomic E-state index is 0.139. The number of rotatable bonds is 2. The zero-order chi connectivity index (χ0) is 20.1. The third-order valence-electron chi connectivity index (χ3n) is 5.58. The van der Waals surface area contributed by atoms with E-state index < -0.39 is 0 Å². The number of hydrogen-bond acceptors (Lipinski definition) is 4. The summed E-state index contributed by atoms with van der Waals surface area (Å²) in [6, 6.07) is 12.4. The lowest BCUT2D eigenvalue weighted by Gasteiger charge is -2.32. The Kier molecular flexibility index (Phi) is 4.45. The molecule has 0 spiro atoms. The van der Waals surface area contributed by atoms with Crippen LogP contribution >= 0.6 is 0 Å². The van der Waals surface area contributed by atoms with Crippen LogP contribution in [0, 0.1) is 6.92 Å². The molecular formula is C24H27NO3. The van der Waals surface area contributed by atoms with Crippen LogP contribution in [0.3, 0.4) is 0 Å². The summed E-state index contributed by atoms with van der Waals surface area (Å²) in [5.74, 6) is 0.839. The quantitative estimate of drug-likeness (QED) is 0.567. The average molecular weight is 377 g/mol. The number of nitrogens with zero attached hydrogens (tertiary/aromatic N) is 1. The van der Waals surface area contributed by atoms with E-state index >= 15 is 0 Å². The highest BCUT2D eigenvalue weighted by atomic mass is 16.5. The molecule has 28 heavy (non-hydrogen) atoms. The maximum absolute atomic E-state index is 11.9. The van der Waals surface area contributed by atoms with Crippen molar-refractivity contribution in [2.75, 3.05) is 11.6 Å². The second-order valence-electron chi connectivity index (χ2n) is 8.58. The first-order valence-corrected chi connectivity index (χ1v) is 9.85. The number of fused-ring (bicyclic) bond motifs is 2. The van der Waals surface area contributed by atoms with E-state index in [1.165, 1.54) is 5.56 Å². The van der Waals surface area contributed by atoms with Crippen LogP contribution in [0.25, 0.3) is 11.0 Å². The Morgan fingerprint density at radius 2 is 1.82 bits per heavy atom. The maximum Gasteiger partial charge on any atom is 0.336 e. The second-order valence-corrected chi connectivity index (χ2v) is 8.58. The molecule has 0 N–H and O–H groups in total. The number of aryl methyl sites for hydroxylation is 2. The van der Waals surface area contributed by atoms with Crippen LogP contribution in [0.4, 0.5) is 5.69 Å². The van der Waals surface area contributed by atoms with Crippen LogP contribution in [0.1, 0.15) is 49.9 Å². The van der Waals surface area contributed by atoms with E-state index in [9.17, 15) is 4.79 Å². The minimum Gasteiger partial charge on any atom is -0.472 e. The fourth-order valence-corrected chi connectivity index (χ4v) is 3.91. The van der Waals surface area contributed by atoms with Crippen LogP contribution in [0.2, 0.25) is 0 Å². The molecule has 4 nitrogen and oxygen atoms in total. The molecule has 3 aromatic rings. The van der Waals surface area contributed by atoms with Gasteiger partial charge in [0.15, 0.2) is 6.73 Å². The predicted molar refractivity (Wildman–Crippen MR) is 113 cm³/mol. The van der Waals surface area contributed by atoms with E-state index in [0.29, 0.717) is 12.3 Å². The molecule has 2 aromatic carbocycles. The molecule has 0 saturated heterocycles. The molecule has 0 aliphatic carbocycles. The largest absolute Gasteiger partial charge is 0.472 e. The summed E-state index contributed by atoms with van der Waals surface area (Å²) in [5, 5.41) is 1.01. The summed E-state index contributed by atoms with van der Waals surface area (Å²) in [4.78, 5) is 14.1. The molecule has 2 heterocycles. The van der Waals surface area contributed by atoms with Gasteiger partial charge in [0, 0.05) is 34.8 Å². The maximum atomic E-state index is 11.9. The first-order chi connectivity index (χ1) is 13.3. The van der Waals surface area contributed by atoms with E-state index in [1.54, 1.807) is 6.07 Å². The number of ether oxygens (including phenoxy) is 1. The van der Waals surface area contributed by atoms with Gasteiger partial charge in [-0.25, -0.2) is 4.79 Å². The Morgan fingerprint density at radius 1 is 1.11 bits per heavy atom. The van der Waals surface area contributed by atoms with Crippen molar-refractivity contribution >= 4 is 16.7 Å². The molecule has 1 aliphatic rings. The smallest absolute Gasteiger partial charge is 0.336 e. The number of benzene rings is 2. The van der Waals surface area contributed by atoms with Gasteiger partial charge in [-0.3, -0.25) is 0 Å². The van der Waals surface area contributed by atoms with Crippen molar-refractivity contribution in [1.29, 1.82) is 0 Å². The van der Waals surface area contributed by atoms with Gasteiger partial charge in [0.1, 0.15) is 11.3 Å². The monoisotopic (exact) mass is 377 g/mol. The molecule has 4 rings (SSSR count). The third kappa shape index (κ3) is 3.17. The van der Waals surface area contributed by atoms with Crippen molar-refractivity contribution < 1.29 is 9.15 Å². The molecule has 4 heteroatoms. The van der Waals surface area contributed by atoms with Crippen molar-refractivity contribution in [2.24, 2.45) is 0 Å². The van der Waals surface area contributed by atoms with Gasteiger partial charge in [0.05, 0.1) is 0 Å². The van der Waals surface area contributed by atoms with E-state index in [-0.39, 0.29) is 11.0 Å². The summed E-state index contributed by atoms with van der Waals surface area (Å²) in [7, 11) is 0. The summed E-state index contributed by atoms with van der Waals surface area (Å²) in [6.45, 7) is 11.9. The number of hydrogen-bond donors (Lipinski definition) is 0. The van der Waals surface area contributed by atoms with Gasteiger partial charge in [-0.1, -0.05) is 39.8 Å². The molecule has 0 amide bonds. The Bertz CT molecular complexity index is 1090. The first kappa shape index (κ1) is 18.6. The van der Waals surface area contributed by atoms with Crippen molar-refractivity contribution in [1.82, 2.24) is 0 Å². The molecule has 0 saturated carbocycles. The van der Waals surface area contributed by atoms with Gasteiger partial charge in [0.2, 0.25) is 0 Å². The van der Waals surface area contributed by atoms with Crippen LogP contribution in [-0.2, 0) is 18.4 Å². The van der Waals surface area contributed by atoms with Gasteiger partial charge in [-0.05, 0) is 48.1 Å². The van der Waals surface area contributed by atoms with Crippen molar-refractivity contribution in [3.63, 3.8) is 0 Å². The third-order valence-corrected chi connectivity index (χ3v) is 5.58. The Morgan fingerprint density at radius 3 is 2.46 bits per heavy atom. The normalized spacial score (nSPS) is 14.1. The van der Waals surface area contributed by atoms with E-state index in [2.05, 4.69) is 62.9 Å². The molecule has 0 unspecified atom stereocenters. The van der Waals surface area contributed by atoms with Crippen molar-refractivity contribution in [3.8, 4) is 5.75 Å². The molecule has 1 aromatic heterocycles. The SMILES string of the molecule is CCc1cc(=O)oc2c(C)c3c(cc12)CN(c1ccc(C(C)(C)C)cc1)CO3. The first-order valence-electron chi connectivity index (χ1n) is 9.85. The lowest BCUT2D eigenvalue weighted by atomic mass is 9.87. The van der Waals surface area contributed by atoms with Gasteiger partial charge in [-0.2, -0.15) is 0 Å². The Balaban J connectivity index is 1.73.